The third-order valence-corrected chi connectivity index (χ3v) is 7.32. The molecule has 1 aliphatic carbocycles. The maximum absolute atomic E-state index is 12.3. The van der Waals surface area contributed by atoms with E-state index in [2.05, 4.69) is 9.97 Å². The van der Waals surface area contributed by atoms with Crippen LogP contribution in [0.3, 0.4) is 0 Å². The molecule has 8 heteroatoms. The van der Waals surface area contributed by atoms with E-state index in [1.165, 1.54) is 0 Å². The van der Waals surface area contributed by atoms with Crippen molar-refractivity contribution < 1.29 is 8.42 Å². The Bertz CT molecular complexity index is 634. The molecule has 2 aliphatic rings. The summed E-state index contributed by atoms with van der Waals surface area (Å²) in [7, 11) is -3.15. The number of rotatable bonds is 4. The van der Waals surface area contributed by atoms with Gasteiger partial charge in [-0.15, -0.1) is 0 Å². The minimum Gasteiger partial charge on any atom is -0.338 e. The molecule has 2 heterocycles. The predicted octanol–water partition coefficient (Wildman–Crippen LogP) is 2.32. The summed E-state index contributed by atoms with van der Waals surface area (Å²) < 4.78 is 24.6. The smallest absolute Gasteiger partial charge is 0.171 e. The monoisotopic (exact) mass is 347 g/mol. The molecule has 21 heavy (non-hydrogen) atoms. The fourth-order valence-electron chi connectivity index (χ4n) is 2.43. The standard InChI is InChI=1S/C13H18ClN3O2S2/c1-2-21(18,19)12-8-20-6-5-17(12)11-7-10(14)15-13(16-11)9-3-4-9/h7,9,12H,2-6,8H2,1H3. The van der Waals surface area contributed by atoms with E-state index in [0.29, 0.717) is 29.2 Å². The van der Waals surface area contributed by atoms with Gasteiger partial charge in [0.1, 0.15) is 22.2 Å². The van der Waals surface area contributed by atoms with Crippen LogP contribution in [0.25, 0.3) is 0 Å². The van der Waals surface area contributed by atoms with Crippen molar-refractivity contribution in [1.82, 2.24) is 9.97 Å². The molecule has 116 valence electrons. The van der Waals surface area contributed by atoms with Gasteiger partial charge in [0.25, 0.3) is 0 Å². The molecule has 1 saturated carbocycles. The summed E-state index contributed by atoms with van der Waals surface area (Å²) in [6.45, 7) is 2.36. The average molecular weight is 348 g/mol. The van der Waals surface area contributed by atoms with Crippen LogP contribution < -0.4 is 4.90 Å². The highest BCUT2D eigenvalue weighted by Crippen LogP contribution is 2.39. The zero-order chi connectivity index (χ0) is 15.0. The summed E-state index contributed by atoms with van der Waals surface area (Å²) in [5.74, 6) is 3.42. The Balaban J connectivity index is 1.96. The highest BCUT2D eigenvalue weighted by Gasteiger charge is 2.35. The summed E-state index contributed by atoms with van der Waals surface area (Å²) in [4.78, 5) is 10.7. The second kappa shape index (κ2) is 5.93. The molecule has 3 rings (SSSR count). The molecule has 0 spiro atoms. The molecule has 0 aromatic carbocycles. The first kappa shape index (κ1) is 15.4. The fourth-order valence-corrected chi connectivity index (χ4v) is 5.59. The SMILES string of the molecule is CCS(=O)(=O)C1CSCCN1c1cc(Cl)nc(C2CC2)n1. The maximum atomic E-state index is 12.3. The van der Waals surface area contributed by atoms with Gasteiger partial charge in [-0.3, -0.25) is 0 Å². The molecule has 1 atom stereocenters. The molecule has 0 bridgehead atoms. The van der Waals surface area contributed by atoms with E-state index in [9.17, 15) is 8.42 Å². The van der Waals surface area contributed by atoms with Crippen molar-refractivity contribution in [3.63, 3.8) is 0 Å². The largest absolute Gasteiger partial charge is 0.338 e. The van der Waals surface area contributed by atoms with Gasteiger partial charge in [0.15, 0.2) is 9.84 Å². The number of nitrogens with zero attached hydrogens (tertiary/aromatic N) is 3. The number of aromatic nitrogens is 2. The Morgan fingerprint density at radius 3 is 2.86 bits per heavy atom. The van der Waals surface area contributed by atoms with E-state index in [1.807, 2.05) is 4.90 Å². The van der Waals surface area contributed by atoms with Crippen LogP contribution in [-0.2, 0) is 9.84 Å². The predicted molar refractivity (Wildman–Crippen MR) is 86.9 cm³/mol. The molecule has 0 N–H and O–H groups in total. The minimum absolute atomic E-state index is 0.142. The molecule has 1 unspecified atom stereocenters. The van der Waals surface area contributed by atoms with E-state index in [4.69, 9.17) is 11.6 Å². The van der Waals surface area contributed by atoms with Crippen LogP contribution in [0.2, 0.25) is 5.15 Å². The first-order chi connectivity index (χ1) is 10.0. The van der Waals surface area contributed by atoms with E-state index >= 15 is 0 Å². The van der Waals surface area contributed by atoms with E-state index < -0.39 is 15.2 Å². The number of hydrogen-bond donors (Lipinski definition) is 0. The molecule has 2 fully saturated rings. The lowest BCUT2D eigenvalue weighted by molar-refractivity contribution is 0.578. The Hall–Kier alpha value is -0.530. The quantitative estimate of drug-likeness (QED) is 0.779. The van der Waals surface area contributed by atoms with Crippen molar-refractivity contribution in [1.29, 1.82) is 0 Å². The van der Waals surface area contributed by atoms with Gasteiger partial charge in [-0.05, 0) is 12.8 Å². The topological polar surface area (TPSA) is 63.2 Å². The van der Waals surface area contributed by atoms with Gasteiger partial charge in [-0.2, -0.15) is 11.8 Å². The van der Waals surface area contributed by atoms with Gasteiger partial charge in [0.05, 0.1) is 0 Å². The van der Waals surface area contributed by atoms with Gasteiger partial charge >= 0.3 is 0 Å². The van der Waals surface area contributed by atoms with Crippen LogP contribution in [-0.4, -0.2) is 47.6 Å². The molecular formula is C13H18ClN3O2S2. The molecular weight excluding hydrogens is 330 g/mol. The lowest BCUT2D eigenvalue weighted by atomic mass is 10.3. The number of sulfone groups is 1. The molecule has 0 radical (unpaired) electrons. The number of halogens is 1. The van der Waals surface area contributed by atoms with Crippen molar-refractivity contribution >= 4 is 39.0 Å². The van der Waals surface area contributed by atoms with Crippen LogP contribution in [0.5, 0.6) is 0 Å². The van der Waals surface area contributed by atoms with Crippen LogP contribution in [0.4, 0.5) is 5.82 Å². The van der Waals surface area contributed by atoms with Crippen LogP contribution in [0.1, 0.15) is 31.5 Å². The molecule has 1 saturated heterocycles. The zero-order valence-corrected chi connectivity index (χ0v) is 14.2. The lowest BCUT2D eigenvalue weighted by Crippen LogP contribution is -2.48. The lowest BCUT2D eigenvalue weighted by Gasteiger charge is -2.35. The molecule has 5 nitrogen and oxygen atoms in total. The first-order valence-electron chi connectivity index (χ1n) is 7.11. The second-order valence-electron chi connectivity index (χ2n) is 5.36. The zero-order valence-electron chi connectivity index (χ0n) is 11.8. The molecule has 0 amide bonds. The Kier molecular flexibility index (Phi) is 4.34. The third kappa shape index (κ3) is 3.29. The maximum Gasteiger partial charge on any atom is 0.171 e. The Morgan fingerprint density at radius 1 is 1.43 bits per heavy atom. The Labute approximate surface area is 134 Å². The normalized spacial score (nSPS) is 23.3. The van der Waals surface area contributed by atoms with Crippen molar-refractivity contribution in [2.75, 3.05) is 28.7 Å². The highest BCUT2D eigenvalue weighted by molar-refractivity contribution is 8.01. The number of anilines is 1. The van der Waals surface area contributed by atoms with Crippen molar-refractivity contribution in [2.24, 2.45) is 0 Å². The van der Waals surface area contributed by atoms with E-state index in [-0.39, 0.29) is 5.75 Å². The summed E-state index contributed by atoms with van der Waals surface area (Å²) in [5, 5.41) is -0.118. The summed E-state index contributed by atoms with van der Waals surface area (Å²) in [6.07, 6.45) is 2.18. The first-order valence-corrected chi connectivity index (χ1v) is 10.4. The van der Waals surface area contributed by atoms with Crippen molar-refractivity contribution in [3.8, 4) is 0 Å². The summed E-state index contributed by atoms with van der Waals surface area (Å²) in [6, 6.07) is 1.68. The summed E-state index contributed by atoms with van der Waals surface area (Å²) >= 11 is 7.78. The Morgan fingerprint density at radius 2 is 2.19 bits per heavy atom. The van der Waals surface area contributed by atoms with Gasteiger partial charge in [0, 0.05) is 35.8 Å². The van der Waals surface area contributed by atoms with Crippen LogP contribution in [0.15, 0.2) is 6.07 Å². The third-order valence-electron chi connectivity index (χ3n) is 3.84. The molecule has 1 aliphatic heterocycles. The molecule has 1 aromatic heterocycles. The number of thioether (sulfide) groups is 1. The van der Waals surface area contributed by atoms with Crippen LogP contribution >= 0.6 is 23.4 Å². The minimum atomic E-state index is -3.15. The number of hydrogen-bond acceptors (Lipinski definition) is 6. The fraction of sp³-hybridized carbons (Fsp3) is 0.692. The van der Waals surface area contributed by atoms with Gasteiger partial charge in [0.2, 0.25) is 0 Å². The average Bonchev–Trinajstić information content (AvgIpc) is 3.31. The summed E-state index contributed by atoms with van der Waals surface area (Å²) in [5.41, 5.74) is 0. The second-order valence-corrected chi connectivity index (χ2v) is 9.34. The van der Waals surface area contributed by atoms with Gasteiger partial charge in [-0.25, -0.2) is 18.4 Å². The van der Waals surface area contributed by atoms with Gasteiger partial charge in [-0.1, -0.05) is 18.5 Å². The van der Waals surface area contributed by atoms with Crippen molar-refractivity contribution in [3.05, 3.63) is 17.0 Å². The highest BCUT2D eigenvalue weighted by atomic mass is 35.5. The van der Waals surface area contributed by atoms with E-state index in [0.717, 1.165) is 24.4 Å². The van der Waals surface area contributed by atoms with Crippen molar-refractivity contribution in [2.45, 2.75) is 31.1 Å². The van der Waals surface area contributed by atoms with E-state index in [1.54, 1.807) is 24.8 Å². The van der Waals surface area contributed by atoms with Crippen LogP contribution in [0, 0.1) is 0 Å². The van der Waals surface area contributed by atoms with Gasteiger partial charge < -0.3 is 4.90 Å². The molecule has 1 aromatic rings.